The summed E-state index contributed by atoms with van der Waals surface area (Å²) in [6.07, 6.45) is 7.02. The maximum Gasteiger partial charge on any atom is 0.402 e. The minimum atomic E-state index is -3.93. The van der Waals surface area contributed by atoms with Crippen LogP contribution in [-0.2, 0) is 0 Å². The lowest BCUT2D eigenvalue weighted by molar-refractivity contribution is -0.0379. The van der Waals surface area contributed by atoms with Crippen molar-refractivity contribution in [2.45, 2.75) is 56.5 Å². The molecule has 1 unspecified atom stereocenters. The molecule has 4 heteroatoms. The molecule has 1 fully saturated rings. The van der Waals surface area contributed by atoms with Gasteiger partial charge in [0.15, 0.2) is 0 Å². The Bertz CT molecular complexity index is 136. The third-order valence-corrected chi connectivity index (χ3v) is 3.79. The topological polar surface area (TPSA) is 0 Å². The van der Waals surface area contributed by atoms with Gasteiger partial charge in [0.1, 0.15) is 0 Å². The highest BCUT2D eigenvalue weighted by atomic mass is 31.1. The molecule has 0 aliphatic heterocycles. The minimum absolute atomic E-state index is 0.0692. The molecule has 1 aliphatic carbocycles. The predicted molar refractivity (Wildman–Crippen MR) is 50.5 cm³/mol. The van der Waals surface area contributed by atoms with E-state index in [4.69, 9.17) is 0 Å². The van der Waals surface area contributed by atoms with Crippen LogP contribution in [-0.4, -0.2) is 11.6 Å². The van der Waals surface area contributed by atoms with Gasteiger partial charge in [-0.2, -0.15) is 13.2 Å². The van der Waals surface area contributed by atoms with E-state index >= 15 is 0 Å². The Morgan fingerprint density at radius 3 is 1.77 bits per heavy atom. The normalized spacial score (nSPS) is 23.3. The average molecular weight is 212 g/mol. The van der Waals surface area contributed by atoms with Crippen molar-refractivity contribution in [3.63, 3.8) is 0 Å². The van der Waals surface area contributed by atoms with Gasteiger partial charge in [0.2, 0.25) is 0 Å². The van der Waals surface area contributed by atoms with E-state index in [0.29, 0.717) is 0 Å². The van der Waals surface area contributed by atoms with Crippen LogP contribution in [0, 0.1) is 0 Å². The van der Waals surface area contributed by atoms with Crippen LogP contribution in [0.1, 0.15) is 44.9 Å². The van der Waals surface area contributed by atoms with Crippen LogP contribution >= 0.6 is 8.58 Å². The molecule has 0 amide bonds. The molecule has 0 radical (unpaired) electrons. The van der Waals surface area contributed by atoms with E-state index in [0.717, 1.165) is 38.5 Å². The molecule has 0 aromatic heterocycles. The molecule has 1 saturated carbocycles. The third-order valence-electron chi connectivity index (χ3n) is 2.47. The Kier molecular flexibility index (Phi) is 4.51. The molecular formula is C9H16F3P. The highest BCUT2D eigenvalue weighted by Crippen LogP contribution is 2.44. The van der Waals surface area contributed by atoms with Crippen LogP contribution in [0.2, 0.25) is 0 Å². The first kappa shape index (κ1) is 11.3. The molecule has 0 aromatic rings. The third kappa shape index (κ3) is 5.51. The fourth-order valence-electron chi connectivity index (χ4n) is 1.83. The van der Waals surface area contributed by atoms with Gasteiger partial charge in [0.25, 0.3) is 0 Å². The van der Waals surface area contributed by atoms with Crippen molar-refractivity contribution >= 4 is 8.58 Å². The van der Waals surface area contributed by atoms with Gasteiger partial charge >= 0.3 is 5.92 Å². The van der Waals surface area contributed by atoms with Crippen LogP contribution in [0.25, 0.3) is 0 Å². The number of hydrogen-bond donors (Lipinski definition) is 0. The van der Waals surface area contributed by atoms with Gasteiger partial charge in [-0.15, -0.1) is 0 Å². The molecule has 0 N–H and O–H groups in total. The van der Waals surface area contributed by atoms with Crippen LogP contribution in [0.4, 0.5) is 13.2 Å². The predicted octanol–water partition coefficient (Wildman–Crippen LogP) is 4.30. The number of rotatable bonds is 1. The first-order valence-corrected chi connectivity index (χ1v) is 6.00. The maximum atomic E-state index is 12.1. The van der Waals surface area contributed by atoms with E-state index in [1.165, 1.54) is 6.42 Å². The summed E-state index contributed by atoms with van der Waals surface area (Å²) in [5, 5.41) is 0. The smallest absolute Gasteiger partial charge is 0.167 e. The second-order valence-corrected chi connectivity index (χ2v) is 5.36. The summed E-state index contributed by atoms with van der Waals surface area (Å²) in [6, 6.07) is 0. The molecule has 0 spiro atoms. The molecule has 1 atom stereocenters. The number of halogens is 3. The Balaban J connectivity index is 2.29. The standard InChI is InChI=1S/C9H16F3P/c10-9(11,12)13-8-6-4-2-1-3-5-7-8/h8,13H,1-7H2. The summed E-state index contributed by atoms with van der Waals surface area (Å²) in [5.74, 6) is -3.93. The van der Waals surface area contributed by atoms with Crippen molar-refractivity contribution in [3.8, 4) is 0 Å². The van der Waals surface area contributed by atoms with Crippen molar-refractivity contribution in [1.29, 1.82) is 0 Å². The molecule has 0 bridgehead atoms. The lowest BCUT2D eigenvalue weighted by Crippen LogP contribution is -2.10. The second-order valence-electron chi connectivity index (χ2n) is 3.68. The molecule has 0 heterocycles. The van der Waals surface area contributed by atoms with Crippen molar-refractivity contribution in [2.24, 2.45) is 0 Å². The Morgan fingerprint density at radius 1 is 0.846 bits per heavy atom. The van der Waals surface area contributed by atoms with E-state index < -0.39 is 14.5 Å². The summed E-state index contributed by atoms with van der Waals surface area (Å²) in [4.78, 5) is 0. The first-order chi connectivity index (χ1) is 6.08. The fraction of sp³-hybridized carbons (Fsp3) is 1.00. The van der Waals surface area contributed by atoms with Crippen molar-refractivity contribution < 1.29 is 13.2 Å². The summed E-state index contributed by atoms with van der Waals surface area (Å²) in [5.41, 5.74) is -0.0692. The van der Waals surface area contributed by atoms with Gasteiger partial charge in [-0.05, 0) is 27.1 Å². The Morgan fingerprint density at radius 2 is 1.31 bits per heavy atom. The minimum Gasteiger partial charge on any atom is -0.167 e. The molecule has 1 rings (SSSR count). The van der Waals surface area contributed by atoms with Gasteiger partial charge in [-0.3, -0.25) is 0 Å². The van der Waals surface area contributed by atoms with E-state index in [2.05, 4.69) is 0 Å². The molecular weight excluding hydrogens is 196 g/mol. The summed E-state index contributed by atoms with van der Waals surface area (Å²) < 4.78 is 36.3. The molecule has 78 valence electrons. The fourth-order valence-corrected chi connectivity index (χ4v) is 2.99. The van der Waals surface area contributed by atoms with Gasteiger partial charge < -0.3 is 0 Å². The van der Waals surface area contributed by atoms with Gasteiger partial charge in [-0.1, -0.05) is 32.1 Å². The van der Waals surface area contributed by atoms with Gasteiger partial charge in [-0.25, -0.2) is 0 Å². The molecule has 0 saturated heterocycles. The van der Waals surface area contributed by atoms with Crippen molar-refractivity contribution in [3.05, 3.63) is 0 Å². The summed E-state index contributed by atoms with van der Waals surface area (Å²) >= 11 is 0. The van der Waals surface area contributed by atoms with Gasteiger partial charge in [0, 0.05) is 0 Å². The van der Waals surface area contributed by atoms with E-state index in [-0.39, 0.29) is 5.66 Å². The van der Waals surface area contributed by atoms with Crippen LogP contribution in [0.5, 0.6) is 0 Å². The zero-order chi connectivity index (χ0) is 9.73. The Labute approximate surface area is 79.1 Å². The monoisotopic (exact) mass is 212 g/mol. The van der Waals surface area contributed by atoms with E-state index in [1.807, 2.05) is 0 Å². The molecule has 0 aromatic carbocycles. The quantitative estimate of drug-likeness (QED) is 0.568. The summed E-state index contributed by atoms with van der Waals surface area (Å²) in [6.45, 7) is 0. The lowest BCUT2D eigenvalue weighted by Gasteiger charge is -2.20. The summed E-state index contributed by atoms with van der Waals surface area (Å²) in [7, 11) is -0.817. The van der Waals surface area contributed by atoms with Crippen molar-refractivity contribution in [1.82, 2.24) is 0 Å². The molecule has 13 heavy (non-hydrogen) atoms. The lowest BCUT2D eigenvalue weighted by atomic mass is 10.0. The van der Waals surface area contributed by atoms with Crippen LogP contribution in [0.3, 0.4) is 0 Å². The first-order valence-electron chi connectivity index (χ1n) is 4.92. The Hall–Kier alpha value is 0.220. The zero-order valence-corrected chi connectivity index (χ0v) is 8.66. The molecule has 0 nitrogen and oxygen atoms in total. The molecule has 1 aliphatic rings. The highest BCUT2D eigenvalue weighted by molar-refractivity contribution is 7.40. The van der Waals surface area contributed by atoms with Crippen LogP contribution in [0.15, 0.2) is 0 Å². The largest absolute Gasteiger partial charge is 0.402 e. The number of alkyl halides is 3. The van der Waals surface area contributed by atoms with E-state index in [9.17, 15) is 13.2 Å². The van der Waals surface area contributed by atoms with Crippen molar-refractivity contribution in [2.75, 3.05) is 0 Å². The number of hydrogen-bond acceptors (Lipinski definition) is 0. The second kappa shape index (κ2) is 5.19. The maximum absolute atomic E-state index is 12.1. The zero-order valence-electron chi connectivity index (χ0n) is 7.66. The highest BCUT2D eigenvalue weighted by Gasteiger charge is 2.31. The average Bonchev–Trinajstić information content (AvgIpc) is 1.92. The van der Waals surface area contributed by atoms with Crippen LogP contribution < -0.4 is 0 Å². The SMILES string of the molecule is FC(F)(F)PC1CCCCCCC1. The van der Waals surface area contributed by atoms with Gasteiger partial charge in [0.05, 0.1) is 0 Å². The van der Waals surface area contributed by atoms with E-state index in [1.54, 1.807) is 0 Å².